The van der Waals surface area contributed by atoms with Crippen LogP contribution in [0.5, 0.6) is 0 Å². The molecular formula is C124H80N8. The van der Waals surface area contributed by atoms with Crippen LogP contribution in [0.1, 0.15) is 0 Å². The SMILES string of the molecule is c1ccc(-n2c3ccccc3c3ccc(-c4ccc(N(c5ccc(-n6c7ccccc7c7ccccc76)cc5)c5ccc(-n6c7ccccc7c7c(-c8cccc9c8c8ccccc8n9-c8ccc(N(c9ccc(-n%10c%11ccccc%11c%11ccccc%11%10)cc9)c9ccc(-c%10ccc%11c%12ccccc%12n(-c%12ccccc%12)c%11c%10)c%10ccccc9%10)cc8)cccc76)cc5)cc4)cc32)cc1. The predicted octanol–water partition coefficient (Wildman–Crippen LogP) is 33.4. The van der Waals surface area contributed by atoms with Crippen LogP contribution in [0, 0.1) is 0 Å². The maximum absolute atomic E-state index is 2.47. The summed E-state index contributed by atoms with van der Waals surface area (Å²) in [5.41, 5.74) is 33.8. The van der Waals surface area contributed by atoms with E-state index in [4.69, 9.17) is 0 Å². The molecule has 616 valence electrons. The summed E-state index contributed by atoms with van der Waals surface area (Å²) in [6, 6.07) is 179. The summed E-state index contributed by atoms with van der Waals surface area (Å²) in [6.07, 6.45) is 0. The molecule has 0 spiro atoms. The Labute approximate surface area is 760 Å². The van der Waals surface area contributed by atoms with Crippen molar-refractivity contribution < 1.29 is 0 Å². The predicted molar refractivity (Wildman–Crippen MR) is 556 cm³/mol. The van der Waals surface area contributed by atoms with Gasteiger partial charge >= 0.3 is 0 Å². The first-order chi connectivity index (χ1) is 65.5. The summed E-state index contributed by atoms with van der Waals surface area (Å²) in [6.45, 7) is 0. The Kier molecular flexibility index (Phi) is 16.9. The van der Waals surface area contributed by atoms with Crippen molar-refractivity contribution in [3.05, 3.63) is 485 Å². The van der Waals surface area contributed by atoms with Crippen LogP contribution in [0.2, 0.25) is 0 Å². The van der Waals surface area contributed by atoms with Crippen molar-refractivity contribution in [3.63, 3.8) is 0 Å². The van der Waals surface area contributed by atoms with Crippen LogP contribution in [-0.2, 0) is 0 Å². The summed E-state index contributed by atoms with van der Waals surface area (Å²) >= 11 is 0. The molecule has 132 heavy (non-hydrogen) atoms. The van der Waals surface area contributed by atoms with Gasteiger partial charge in [-0.15, -0.1) is 0 Å². The van der Waals surface area contributed by atoms with E-state index in [2.05, 4.69) is 523 Å². The van der Waals surface area contributed by atoms with E-state index in [0.29, 0.717) is 0 Å². The number of hydrogen-bond acceptors (Lipinski definition) is 2. The van der Waals surface area contributed by atoms with Gasteiger partial charge in [-0.25, -0.2) is 0 Å². The second-order valence-corrected chi connectivity index (χ2v) is 34.6. The van der Waals surface area contributed by atoms with E-state index in [1.807, 2.05) is 0 Å². The highest BCUT2D eigenvalue weighted by Crippen LogP contribution is 2.50. The largest absolute Gasteiger partial charge is 0.311 e. The Bertz CT molecular complexity index is 9200. The highest BCUT2D eigenvalue weighted by Gasteiger charge is 2.27. The van der Waals surface area contributed by atoms with Crippen molar-refractivity contribution in [1.82, 2.24) is 27.4 Å². The van der Waals surface area contributed by atoms with Gasteiger partial charge < -0.3 is 37.2 Å². The van der Waals surface area contributed by atoms with Gasteiger partial charge in [-0.3, -0.25) is 0 Å². The van der Waals surface area contributed by atoms with Gasteiger partial charge in [-0.1, -0.05) is 273 Å². The van der Waals surface area contributed by atoms with Gasteiger partial charge in [0.1, 0.15) is 0 Å². The van der Waals surface area contributed by atoms with Gasteiger partial charge in [0.15, 0.2) is 0 Å². The summed E-state index contributed by atoms with van der Waals surface area (Å²) in [4.78, 5) is 4.85. The van der Waals surface area contributed by atoms with Gasteiger partial charge in [-0.2, -0.15) is 0 Å². The molecule has 0 fully saturated rings. The molecule has 0 aliphatic rings. The van der Waals surface area contributed by atoms with E-state index in [-0.39, 0.29) is 0 Å². The van der Waals surface area contributed by atoms with E-state index in [1.54, 1.807) is 0 Å². The highest BCUT2D eigenvalue weighted by atomic mass is 15.2. The van der Waals surface area contributed by atoms with Crippen LogP contribution in [-0.4, -0.2) is 27.4 Å². The molecule has 0 atom stereocenters. The second kappa shape index (κ2) is 30.0. The van der Waals surface area contributed by atoms with Crippen molar-refractivity contribution in [2.75, 3.05) is 9.80 Å². The first kappa shape index (κ1) is 74.5. The van der Waals surface area contributed by atoms with E-state index >= 15 is 0 Å². The monoisotopic (exact) mass is 1680 g/mol. The average Bonchev–Trinajstić information content (AvgIpc) is 1.55. The lowest BCUT2D eigenvalue weighted by Gasteiger charge is -2.28. The third kappa shape index (κ3) is 11.6. The maximum Gasteiger partial charge on any atom is 0.0547 e. The van der Waals surface area contributed by atoms with Crippen LogP contribution in [0.15, 0.2) is 485 Å². The number of hydrogen-bond donors (Lipinski definition) is 0. The van der Waals surface area contributed by atoms with E-state index in [0.717, 1.165) is 112 Å². The van der Waals surface area contributed by atoms with Gasteiger partial charge in [0.25, 0.3) is 0 Å². The molecule has 8 heteroatoms. The molecule has 0 aliphatic heterocycles. The fourth-order valence-electron chi connectivity index (χ4n) is 21.9. The lowest BCUT2D eigenvalue weighted by atomic mass is 9.95. The number of rotatable bonds is 15. The van der Waals surface area contributed by atoms with Crippen LogP contribution in [0.4, 0.5) is 34.1 Å². The van der Waals surface area contributed by atoms with Gasteiger partial charge in [0, 0.05) is 133 Å². The van der Waals surface area contributed by atoms with Crippen LogP contribution >= 0.6 is 0 Å². The standard InChI is InChI=1S/C124H80N8/c1-3-27-84(28-4-1)131-114-47-21-13-37-102(114)104-75-55-82(79-121(104)131)81-53-57-86(58-54-81)125(87-59-67-91(68-60-87)127-110-43-17-9-33-98(110)99-34-10-18-44-111(99)127)88-61-69-93(70-62-88)129-116-49-23-15-39-108(116)123-106(41-25-51-119(123)129)107-42-26-52-120-124(107)109-40-16-24-50-117(109)130(120)94-73-65-90(66-74-94)126(89-63-71-92(72-64-89)128-112-45-19-11-35-100(112)101-36-12-20-46-113(101)128)118-78-77-95(96-31-7-8-32-97(96)118)83-56-76-105-103-38-14-22-48-115(103)132(122(105)80-83)85-29-5-2-6-30-85/h1-80H. The smallest absolute Gasteiger partial charge is 0.0547 e. The van der Waals surface area contributed by atoms with Crippen molar-refractivity contribution in [3.8, 4) is 67.5 Å². The molecule has 21 aromatic carbocycles. The number of anilines is 6. The number of aromatic nitrogens is 6. The average molecular weight is 1680 g/mol. The first-order valence-corrected chi connectivity index (χ1v) is 45.4. The summed E-state index contributed by atoms with van der Waals surface area (Å²) in [5, 5.41) is 17.0. The molecule has 0 unspecified atom stereocenters. The molecule has 6 heterocycles. The fourth-order valence-corrected chi connectivity index (χ4v) is 21.9. The van der Waals surface area contributed by atoms with Gasteiger partial charge in [0.2, 0.25) is 0 Å². The molecule has 6 aromatic heterocycles. The van der Waals surface area contributed by atoms with Crippen LogP contribution < -0.4 is 9.80 Å². The lowest BCUT2D eigenvalue weighted by Crippen LogP contribution is -2.11. The molecule has 0 amide bonds. The molecule has 0 aliphatic carbocycles. The number of benzene rings is 21. The Morgan fingerprint density at radius 1 is 0.129 bits per heavy atom. The molecule has 8 nitrogen and oxygen atoms in total. The Balaban J connectivity index is 0.564. The van der Waals surface area contributed by atoms with E-state index < -0.39 is 0 Å². The molecule has 0 saturated carbocycles. The highest BCUT2D eigenvalue weighted by molar-refractivity contribution is 6.23. The maximum atomic E-state index is 2.47. The number of fused-ring (bicyclic) bond motifs is 19. The summed E-state index contributed by atoms with van der Waals surface area (Å²) in [7, 11) is 0. The van der Waals surface area contributed by atoms with E-state index in [1.165, 1.54) is 131 Å². The molecule has 0 bridgehead atoms. The number of para-hydroxylation sites is 10. The summed E-state index contributed by atoms with van der Waals surface area (Å²) < 4.78 is 14.5. The topological polar surface area (TPSA) is 36.1 Å². The normalized spacial score (nSPS) is 11.9. The van der Waals surface area contributed by atoms with Crippen molar-refractivity contribution in [1.29, 1.82) is 0 Å². The minimum absolute atomic E-state index is 1.04. The van der Waals surface area contributed by atoms with Crippen molar-refractivity contribution >= 4 is 176 Å². The lowest BCUT2D eigenvalue weighted by molar-refractivity contribution is 1.17. The summed E-state index contributed by atoms with van der Waals surface area (Å²) in [5.74, 6) is 0. The minimum Gasteiger partial charge on any atom is -0.311 e. The first-order valence-electron chi connectivity index (χ1n) is 45.4. The van der Waals surface area contributed by atoms with E-state index in [9.17, 15) is 0 Å². The zero-order valence-corrected chi connectivity index (χ0v) is 71.8. The molecule has 0 N–H and O–H groups in total. The van der Waals surface area contributed by atoms with Crippen LogP contribution in [0.25, 0.3) is 209 Å². The molecule has 27 rings (SSSR count). The molecular weight excluding hydrogens is 1600 g/mol. The Hall–Kier alpha value is -17.7. The zero-order chi connectivity index (χ0) is 86.6. The Morgan fingerprint density at radius 2 is 0.379 bits per heavy atom. The zero-order valence-electron chi connectivity index (χ0n) is 71.8. The third-order valence-corrected chi connectivity index (χ3v) is 27.6. The van der Waals surface area contributed by atoms with Crippen molar-refractivity contribution in [2.24, 2.45) is 0 Å². The molecule has 0 saturated heterocycles. The van der Waals surface area contributed by atoms with Gasteiger partial charge in [0.05, 0.1) is 71.9 Å². The molecule has 0 radical (unpaired) electrons. The minimum atomic E-state index is 1.04. The Morgan fingerprint density at radius 3 is 0.750 bits per heavy atom. The van der Waals surface area contributed by atoms with Gasteiger partial charge in [-0.05, 0) is 251 Å². The van der Waals surface area contributed by atoms with Crippen LogP contribution in [0.3, 0.4) is 0 Å². The van der Waals surface area contributed by atoms with Crippen molar-refractivity contribution in [2.45, 2.75) is 0 Å². The third-order valence-electron chi connectivity index (χ3n) is 27.6. The quantitative estimate of drug-likeness (QED) is 0.103. The fraction of sp³-hybridized carbons (Fsp3) is 0. The molecule has 27 aromatic rings. The second-order valence-electron chi connectivity index (χ2n) is 34.6. The number of nitrogens with zero attached hydrogens (tertiary/aromatic N) is 8.